The minimum absolute atomic E-state index is 0.246. The first kappa shape index (κ1) is 21.9. The van der Waals surface area contributed by atoms with Gasteiger partial charge in [-0.2, -0.15) is 0 Å². The molecule has 0 spiro atoms. The van der Waals surface area contributed by atoms with Gasteiger partial charge < -0.3 is 15.4 Å². The van der Waals surface area contributed by atoms with E-state index in [-0.39, 0.29) is 12.6 Å². The monoisotopic (exact) mass is 427 g/mol. The molecular weight excluding hydrogens is 402 g/mol. The molecule has 30 heavy (non-hydrogen) atoms. The number of nitrogens with zero attached hydrogens (tertiary/aromatic N) is 1. The van der Waals surface area contributed by atoms with Gasteiger partial charge in [-0.1, -0.05) is 48.0 Å². The van der Waals surface area contributed by atoms with Crippen LogP contribution < -0.4 is 10.6 Å². The molecule has 0 radical (unpaired) electrons. The third-order valence-electron chi connectivity index (χ3n) is 4.98. The van der Waals surface area contributed by atoms with Crippen LogP contribution in [0, 0.1) is 6.92 Å². The molecule has 1 aliphatic rings. The highest BCUT2D eigenvalue weighted by atomic mass is 35.5. The van der Waals surface area contributed by atoms with E-state index in [2.05, 4.69) is 34.6 Å². The molecule has 1 atom stereocenters. The number of likely N-dealkylation sites (N-methyl/N-ethyl adjacent to an activating group) is 1. The summed E-state index contributed by atoms with van der Waals surface area (Å²) in [5.74, 6) is -0.454. The molecule has 0 unspecified atom stereocenters. The summed E-state index contributed by atoms with van der Waals surface area (Å²) in [5.41, 5.74) is 4.07. The lowest BCUT2D eigenvalue weighted by Crippen LogP contribution is -2.48. The van der Waals surface area contributed by atoms with E-state index in [1.807, 2.05) is 19.2 Å². The zero-order valence-corrected chi connectivity index (χ0v) is 18.1. The fourth-order valence-electron chi connectivity index (χ4n) is 3.50. The molecule has 3 rings (SSSR count). The first-order valence-corrected chi connectivity index (χ1v) is 10.2. The highest BCUT2D eigenvalue weighted by Crippen LogP contribution is 2.29. The number of hydrogen-bond acceptors (Lipinski definition) is 4. The second kappa shape index (κ2) is 9.78. The Labute approximate surface area is 181 Å². The number of aryl methyl sites for hydroxylation is 1. The Hall–Kier alpha value is -2.83. The average Bonchev–Trinajstić information content (AvgIpc) is 2.70. The number of urea groups is 1. The van der Waals surface area contributed by atoms with Crippen molar-refractivity contribution in [1.82, 2.24) is 15.5 Å². The van der Waals surface area contributed by atoms with Crippen molar-refractivity contribution >= 4 is 23.6 Å². The molecule has 1 aliphatic heterocycles. The lowest BCUT2D eigenvalue weighted by atomic mass is 9.95. The molecular formula is C23H26ClN3O3. The maximum Gasteiger partial charge on any atom is 0.338 e. The van der Waals surface area contributed by atoms with E-state index in [0.29, 0.717) is 29.4 Å². The quantitative estimate of drug-likeness (QED) is 0.656. The van der Waals surface area contributed by atoms with Crippen molar-refractivity contribution < 1.29 is 14.3 Å². The first-order valence-electron chi connectivity index (χ1n) is 9.85. The van der Waals surface area contributed by atoms with Crippen LogP contribution in [0.4, 0.5) is 4.79 Å². The van der Waals surface area contributed by atoms with E-state index < -0.39 is 12.0 Å². The van der Waals surface area contributed by atoms with Crippen LogP contribution in [0.2, 0.25) is 5.02 Å². The number of halogens is 1. The first-order chi connectivity index (χ1) is 14.4. The van der Waals surface area contributed by atoms with Gasteiger partial charge in [0, 0.05) is 23.8 Å². The van der Waals surface area contributed by atoms with E-state index in [4.69, 9.17) is 16.3 Å². The number of benzene rings is 2. The van der Waals surface area contributed by atoms with E-state index in [0.717, 1.165) is 5.56 Å². The van der Waals surface area contributed by atoms with Gasteiger partial charge in [0.2, 0.25) is 0 Å². The smallest absolute Gasteiger partial charge is 0.338 e. The van der Waals surface area contributed by atoms with Crippen LogP contribution in [0.25, 0.3) is 0 Å². The van der Waals surface area contributed by atoms with E-state index in [9.17, 15) is 9.59 Å². The molecule has 2 amide bonds. The van der Waals surface area contributed by atoms with Gasteiger partial charge in [0.05, 0.1) is 18.2 Å². The molecule has 158 valence electrons. The van der Waals surface area contributed by atoms with Crippen molar-refractivity contribution in [2.45, 2.75) is 26.4 Å². The van der Waals surface area contributed by atoms with Crippen LogP contribution in [0.1, 0.15) is 29.7 Å². The molecule has 0 saturated heterocycles. The van der Waals surface area contributed by atoms with Gasteiger partial charge in [0.25, 0.3) is 0 Å². The topological polar surface area (TPSA) is 70.7 Å². The molecule has 2 N–H and O–H groups in total. The number of esters is 1. The van der Waals surface area contributed by atoms with Crippen LogP contribution >= 0.6 is 11.6 Å². The molecule has 7 heteroatoms. The number of amides is 2. The fourth-order valence-corrected chi connectivity index (χ4v) is 3.63. The number of hydrogen-bond donors (Lipinski definition) is 2. The molecule has 0 saturated carbocycles. The second-order valence-corrected chi connectivity index (χ2v) is 7.73. The van der Waals surface area contributed by atoms with Crippen LogP contribution in [0.15, 0.2) is 59.8 Å². The number of nitrogens with one attached hydrogen (secondary N) is 2. The fraction of sp³-hybridized carbons (Fsp3) is 0.304. The Morgan fingerprint density at radius 1 is 1.13 bits per heavy atom. The van der Waals surface area contributed by atoms with Crippen LogP contribution in [-0.2, 0) is 16.1 Å². The Kier molecular flexibility index (Phi) is 7.13. The normalized spacial score (nSPS) is 16.3. The van der Waals surface area contributed by atoms with Gasteiger partial charge in [-0.15, -0.1) is 0 Å². The van der Waals surface area contributed by atoms with Crippen LogP contribution in [0.3, 0.4) is 0 Å². The van der Waals surface area contributed by atoms with Gasteiger partial charge in [0.1, 0.15) is 0 Å². The Morgan fingerprint density at radius 2 is 1.83 bits per heavy atom. The number of carbonyl (C=O) groups is 2. The molecule has 0 fully saturated rings. The van der Waals surface area contributed by atoms with Crippen molar-refractivity contribution in [2.75, 3.05) is 20.2 Å². The maximum absolute atomic E-state index is 12.8. The number of carbonyl (C=O) groups excluding carboxylic acids is 2. The Bertz CT molecular complexity index is 956. The lowest BCUT2D eigenvalue weighted by molar-refractivity contribution is -0.139. The summed E-state index contributed by atoms with van der Waals surface area (Å²) in [7, 11) is 1.95. The van der Waals surface area contributed by atoms with Crippen molar-refractivity contribution in [3.63, 3.8) is 0 Å². The highest BCUT2D eigenvalue weighted by Gasteiger charge is 2.34. The van der Waals surface area contributed by atoms with Gasteiger partial charge in [-0.05, 0) is 49.7 Å². The van der Waals surface area contributed by atoms with E-state index in [1.54, 1.807) is 31.2 Å². The zero-order valence-electron chi connectivity index (χ0n) is 17.4. The molecule has 2 aromatic rings. The lowest BCUT2D eigenvalue weighted by Gasteiger charge is -2.31. The molecule has 0 bridgehead atoms. The van der Waals surface area contributed by atoms with Crippen molar-refractivity contribution in [3.05, 3.63) is 81.5 Å². The van der Waals surface area contributed by atoms with Crippen molar-refractivity contribution in [3.8, 4) is 0 Å². The Balaban J connectivity index is 1.94. The standard InChI is InChI=1S/C23H26ClN3O3/c1-4-30-22(28)20-19(14-27(3)13-17-8-6-5-7-15(17)2)25-23(29)26-21(20)16-9-11-18(24)12-10-16/h5-12,21H,4,13-14H2,1-3H3,(H2,25,26,29)/t21-/m1/s1. The van der Waals surface area contributed by atoms with E-state index >= 15 is 0 Å². The third kappa shape index (κ3) is 5.20. The largest absolute Gasteiger partial charge is 0.463 e. The maximum atomic E-state index is 12.8. The number of rotatable bonds is 7. The summed E-state index contributed by atoms with van der Waals surface area (Å²) in [6.45, 7) is 5.14. The average molecular weight is 428 g/mol. The molecule has 2 aromatic carbocycles. The summed E-state index contributed by atoms with van der Waals surface area (Å²) in [6, 6.07) is 14.2. The van der Waals surface area contributed by atoms with Crippen LogP contribution in [-0.4, -0.2) is 37.1 Å². The minimum atomic E-state index is -0.614. The summed E-state index contributed by atoms with van der Waals surface area (Å²) in [6.07, 6.45) is 0. The van der Waals surface area contributed by atoms with Crippen molar-refractivity contribution in [2.24, 2.45) is 0 Å². The molecule has 6 nitrogen and oxygen atoms in total. The summed E-state index contributed by atoms with van der Waals surface area (Å²) in [5, 5.41) is 6.22. The highest BCUT2D eigenvalue weighted by molar-refractivity contribution is 6.30. The van der Waals surface area contributed by atoms with Crippen molar-refractivity contribution in [1.29, 1.82) is 0 Å². The van der Waals surface area contributed by atoms with Gasteiger partial charge in [0.15, 0.2) is 0 Å². The zero-order chi connectivity index (χ0) is 21.7. The van der Waals surface area contributed by atoms with E-state index in [1.165, 1.54) is 11.1 Å². The van der Waals surface area contributed by atoms with Gasteiger partial charge in [-0.3, -0.25) is 4.90 Å². The third-order valence-corrected chi connectivity index (χ3v) is 5.23. The SMILES string of the molecule is CCOC(=O)C1=C(CN(C)Cc2ccccc2C)NC(=O)N[C@@H]1c1ccc(Cl)cc1. The predicted octanol–water partition coefficient (Wildman–Crippen LogP) is 3.95. The Morgan fingerprint density at radius 3 is 2.50 bits per heavy atom. The second-order valence-electron chi connectivity index (χ2n) is 7.29. The molecule has 0 aromatic heterocycles. The predicted molar refractivity (Wildman–Crippen MR) is 117 cm³/mol. The number of ether oxygens (including phenoxy) is 1. The summed E-state index contributed by atoms with van der Waals surface area (Å²) >= 11 is 6.01. The molecule has 1 heterocycles. The van der Waals surface area contributed by atoms with Gasteiger partial charge in [-0.25, -0.2) is 9.59 Å². The molecule has 0 aliphatic carbocycles. The van der Waals surface area contributed by atoms with Crippen LogP contribution in [0.5, 0.6) is 0 Å². The summed E-state index contributed by atoms with van der Waals surface area (Å²) < 4.78 is 5.31. The summed E-state index contributed by atoms with van der Waals surface area (Å²) in [4.78, 5) is 27.3. The minimum Gasteiger partial charge on any atom is -0.463 e. The van der Waals surface area contributed by atoms with Gasteiger partial charge >= 0.3 is 12.0 Å².